The Bertz CT molecular complexity index is 922. The van der Waals surface area contributed by atoms with Crippen molar-refractivity contribution in [3.05, 3.63) is 83.5 Å². The monoisotopic (exact) mass is 409 g/mol. The lowest BCUT2D eigenvalue weighted by molar-refractivity contribution is 0.0933. The highest BCUT2D eigenvalue weighted by atomic mass is 35.5. The molecule has 29 heavy (non-hydrogen) atoms. The molecule has 1 fully saturated rings. The second-order valence-electron chi connectivity index (χ2n) is 7.27. The molecule has 0 spiro atoms. The zero-order valence-electron chi connectivity index (χ0n) is 16.2. The van der Waals surface area contributed by atoms with Crippen LogP contribution in [0, 0.1) is 0 Å². The summed E-state index contributed by atoms with van der Waals surface area (Å²) in [7, 11) is 0. The van der Waals surface area contributed by atoms with Crippen molar-refractivity contribution >= 4 is 23.2 Å². The van der Waals surface area contributed by atoms with E-state index in [4.69, 9.17) is 16.0 Å². The van der Waals surface area contributed by atoms with Gasteiger partial charge in [0.25, 0.3) is 5.91 Å². The summed E-state index contributed by atoms with van der Waals surface area (Å²) in [5.41, 5.74) is 1.99. The van der Waals surface area contributed by atoms with Gasteiger partial charge >= 0.3 is 0 Å². The number of furan rings is 1. The number of anilines is 1. The molecule has 1 aliphatic heterocycles. The molecule has 0 atom stereocenters. The third-order valence-corrected chi connectivity index (χ3v) is 5.72. The molecule has 0 N–H and O–H groups in total. The fourth-order valence-corrected chi connectivity index (χ4v) is 4.09. The molecule has 5 nitrogen and oxygen atoms in total. The van der Waals surface area contributed by atoms with Crippen LogP contribution < -0.4 is 4.90 Å². The van der Waals surface area contributed by atoms with Crippen LogP contribution in [0.15, 0.2) is 71.5 Å². The second kappa shape index (κ2) is 9.25. The van der Waals surface area contributed by atoms with Crippen LogP contribution in [0.4, 0.5) is 5.69 Å². The highest BCUT2D eigenvalue weighted by Gasteiger charge is 2.32. The molecule has 1 aromatic carbocycles. The summed E-state index contributed by atoms with van der Waals surface area (Å²) >= 11 is 6.34. The molecule has 6 heteroatoms. The van der Waals surface area contributed by atoms with Crippen LogP contribution in [0.2, 0.25) is 5.15 Å². The van der Waals surface area contributed by atoms with Gasteiger partial charge in [-0.25, -0.2) is 4.98 Å². The topological polar surface area (TPSA) is 49.6 Å². The van der Waals surface area contributed by atoms with Crippen LogP contribution in [0.1, 0.15) is 29.0 Å². The minimum Gasteiger partial charge on any atom is -0.459 e. The number of pyridine rings is 1. The standard InChI is InChI=1S/C23H24ClN3O2/c24-22-20(8-4-13-25-22)27(23(28)21-9-5-17-29-21)19-11-15-26(16-12-19)14-10-18-6-2-1-3-7-18/h1-9,13,17,19H,10-12,14-16H2. The van der Waals surface area contributed by atoms with Gasteiger partial charge in [0, 0.05) is 31.9 Å². The van der Waals surface area contributed by atoms with Gasteiger partial charge in [0.2, 0.25) is 0 Å². The number of aromatic nitrogens is 1. The summed E-state index contributed by atoms with van der Waals surface area (Å²) in [5, 5.41) is 0.332. The smallest absolute Gasteiger partial charge is 0.294 e. The largest absolute Gasteiger partial charge is 0.459 e. The number of rotatable bonds is 6. The average Bonchev–Trinajstić information content (AvgIpc) is 3.30. The van der Waals surface area contributed by atoms with E-state index in [-0.39, 0.29) is 11.9 Å². The third kappa shape index (κ3) is 4.69. The molecule has 1 amide bonds. The predicted octanol–water partition coefficient (Wildman–Crippen LogP) is 4.68. The maximum atomic E-state index is 13.2. The maximum absolute atomic E-state index is 13.2. The summed E-state index contributed by atoms with van der Waals surface area (Å²) in [6.07, 6.45) is 5.95. The maximum Gasteiger partial charge on any atom is 0.294 e. The van der Waals surface area contributed by atoms with E-state index in [2.05, 4.69) is 34.1 Å². The quantitative estimate of drug-likeness (QED) is 0.554. The lowest BCUT2D eigenvalue weighted by Gasteiger charge is -2.38. The molecule has 2 aromatic heterocycles. The van der Waals surface area contributed by atoms with Crippen LogP contribution in [0.5, 0.6) is 0 Å². The average molecular weight is 410 g/mol. The normalized spacial score (nSPS) is 15.3. The SMILES string of the molecule is O=C(c1ccco1)N(c1cccnc1Cl)C1CCN(CCc2ccccc2)CC1. The van der Waals surface area contributed by atoms with Crippen LogP contribution in [0.25, 0.3) is 0 Å². The second-order valence-corrected chi connectivity index (χ2v) is 7.63. The van der Waals surface area contributed by atoms with Gasteiger partial charge in [-0.15, -0.1) is 0 Å². The summed E-state index contributed by atoms with van der Waals surface area (Å²) in [6, 6.07) is 17.7. The lowest BCUT2D eigenvalue weighted by Crippen LogP contribution is -2.48. The molecule has 150 valence electrons. The van der Waals surface area contributed by atoms with Crippen molar-refractivity contribution < 1.29 is 9.21 Å². The zero-order valence-corrected chi connectivity index (χ0v) is 17.0. The van der Waals surface area contributed by atoms with Crippen molar-refractivity contribution in [2.45, 2.75) is 25.3 Å². The van der Waals surface area contributed by atoms with Gasteiger partial charge in [-0.3, -0.25) is 9.69 Å². The summed E-state index contributed by atoms with van der Waals surface area (Å²) in [4.78, 5) is 21.6. The molecular weight excluding hydrogens is 386 g/mol. The van der Waals surface area contributed by atoms with E-state index < -0.39 is 0 Å². The number of nitrogens with zero attached hydrogens (tertiary/aromatic N) is 3. The first-order valence-corrected chi connectivity index (χ1v) is 10.3. The molecule has 3 aromatic rings. The first kappa shape index (κ1) is 19.7. The number of hydrogen-bond donors (Lipinski definition) is 0. The zero-order chi connectivity index (χ0) is 20.1. The summed E-state index contributed by atoms with van der Waals surface area (Å²) < 4.78 is 5.37. The first-order valence-electron chi connectivity index (χ1n) is 9.96. The molecular formula is C23H24ClN3O2. The molecule has 0 saturated carbocycles. The molecule has 0 unspecified atom stereocenters. The van der Waals surface area contributed by atoms with Gasteiger partial charge in [-0.1, -0.05) is 41.9 Å². The number of carbonyl (C=O) groups is 1. The number of benzene rings is 1. The van der Waals surface area contributed by atoms with Crippen LogP contribution in [-0.2, 0) is 6.42 Å². The van der Waals surface area contributed by atoms with E-state index in [0.29, 0.717) is 16.6 Å². The fraction of sp³-hybridized carbons (Fsp3) is 0.304. The van der Waals surface area contributed by atoms with Gasteiger partial charge in [0.15, 0.2) is 10.9 Å². The van der Waals surface area contributed by atoms with Gasteiger partial charge < -0.3 is 9.32 Å². The number of halogens is 1. The third-order valence-electron chi connectivity index (χ3n) is 5.43. The summed E-state index contributed by atoms with van der Waals surface area (Å²) in [5.74, 6) is 0.143. The molecule has 3 heterocycles. The van der Waals surface area contributed by atoms with E-state index in [1.807, 2.05) is 12.1 Å². The van der Waals surface area contributed by atoms with E-state index >= 15 is 0 Å². The molecule has 1 saturated heterocycles. The highest BCUT2D eigenvalue weighted by Crippen LogP contribution is 2.30. The number of carbonyl (C=O) groups excluding carboxylic acids is 1. The fourth-order valence-electron chi connectivity index (χ4n) is 3.88. The Morgan fingerprint density at radius 2 is 1.90 bits per heavy atom. The molecule has 0 aliphatic carbocycles. The Balaban J connectivity index is 1.45. The van der Waals surface area contributed by atoms with Crippen LogP contribution in [-0.4, -0.2) is 41.5 Å². The van der Waals surface area contributed by atoms with Crippen molar-refractivity contribution in [1.82, 2.24) is 9.88 Å². The van der Waals surface area contributed by atoms with Crippen molar-refractivity contribution in [1.29, 1.82) is 0 Å². The van der Waals surface area contributed by atoms with E-state index in [9.17, 15) is 4.79 Å². The Hall–Kier alpha value is -2.63. The van der Waals surface area contributed by atoms with E-state index in [1.54, 1.807) is 29.3 Å². The Morgan fingerprint density at radius 3 is 2.59 bits per heavy atom. The lowest BCUT2D eigenvalue weighted by atomic mass is 10.0. The van der Waals surface area contributed by atoms with E-state index in [0.717, 1.165) is 38.9 Å². The molecule has 4 rings (SSSR count). The Morgan fingerprint density at radius 1 is 1.10 bits per heavy atom. The summed E-state index contributed by atoms with van der Waals surface area (Å²) in [6.45, 7) is 2.91. The number of amides is 1. The molecule has 0 bridgehead atoms. The number of likely N-dealkylation sites (tertiary alicyclic amines) is 1. The van der Waals surface area contributed by atoms with Crippen LogP contribution in [0.3, 0.4) is 0 Å². The Labute approximate surface area is 175 Å². The van der Waals surface area contributed by atoms with Crippen molar-refractivity contribution in [2.24, 2.45) is 0 Å². The van der Waals surface area contributed by atoms with Gasteiger partial charge in [-0.05, 0) is 49.1 Å². The van der Waals surface area contributed by atoms with Gasteiger partial charge in [0.05, 0.1) is 12.0 Å². The van der Waals surface area contributed by atoms with Gasteiger partial charge in [-0.2, -0.15) is 0 Å². The number of piperidine rings is 1. The van der Waals surface area contributed by atoms with Gasteiger partial charge in [0.1, 0.15) is 0 Å². The van der Waals surface area contributed by atoms with Crippen molar-refractivity contribution in [3.8, 4) is 0 Å². The van der Waals surface area contributed by atoms with Crippen molar-refractivity contribution in [2.75, 3.05) is 24.5 Å². The predicted molar refractivity (Wildman–Crippen MR) is 114 cm³/mol. The van der Waals surface area contributed by atoms with Crippen LogP contribution >= 0.6 is 11.6 Å². The van der Waals surface area contributed by atoms with Crippen molar-refractivity contribution in [3.63, 3.8) is 0 Å². The Kier molecular flexibility index (Phi) is 6.27. The minimum atomic E-state index is -0.173. The first-order chi connectivity index (χ1) is 14.2. The molecule has 0 radical (unpaired) electrons. The number of hydrogen-bond acceptors (Lipinski definition) is 4. The molecule has 1 aliphatic rings. The highest BCUT2D eigenvalue weighted by molar-refractivity contribution is 6.32. The minimum absolute atomic E-state index is 0.0577. The van der Waals surface area contributed by atoms with E-state index in [1.165, 1.54) is 11.8 Å².